The SMILES string of the molecule is CCNC(=O)c1ccc(-n2nnc(C(=O)NCc3ccccn3)c2CSC)cc1.O=C(O)C(F)(F)F. The van der Waals surface area contributed by atoms with Gasteiger partial charge >= 0.3 is 12.1 Å². The van der Waals surface area contributed by atoms with Crippen molar-refractivity contribution >= 4 is 29.5 Å². The molecule has 2 aromatic heterocycles. The molecule has 0 saturated carbocycles. The number of aromatic nitrogens is 4. The minimum Gasteiger partial charge on any atom is -0.475 e. The van der Waals surface area contributed by atoms with E-state index in [1.165, 1.54) is 0 Å². The molecule has 0 aliphatic carbocycles. The van der Waals surface area contributed by atoms with E-state index < -0.39 is 12.1 Å². The second-order valence-electron chi connectivity index (χ2n) is 6.94. The summed E-state index contributed by atoms with van der Waals surface area (Å²) in [5.41, 5.74) is 3.04. The third-order valence-corrected chi connectivity index (χ3v) is 4.93. The van der Waals surface area contributed by atoms with Crippen LogP contribution < -0.4 is 10.6 Å². The predicted molar refractivity (Wildman–Crippen MR) is 126 cm³/mol. The lowest BCUT2D eigenvalue weighted by atomic mass is 10.2. The molecule has 0 unspecified atom stereocenters. The highest BCUT2D eigenvalue weighted by molar-refractivity contribution is 7.97. The summed E-state index contributed by atoms with van der Waals surface area (Å²) >= 11 is 1.57. The molecule has 3 rings (SSSR count). The van der Waals surface area contributed by atoms with Crippen LogP contribution in [0.25, 0.3) is 5.69 Å². The first-order valence-electron chi connectivity index (χ1n) is 10.4. The van der Waals surface area contributed by atoms with Crippen molar-refractivity contribution < 1.29 is 32.7 Å². The van der Waals surface area contributed by atoms with Crippen LogP contribution in [-0.4, -0.2) is 61.8 Å². The highest BCUT2D eigenvalue weighted by Crippen LogP contribution is 2.18. The molecule has 0 spiro atoms. The zero-order valence-electron chi connectivity index (χ0n) is 19.2. The van der Waals surface area contributed by atoms with Crippen LogP contribution >= 0.6 is 11.8 Å². The Bertz CT molecular complexity index is 1170. The maximum atomic E-state index is 12.7. The van der Waals surface area contributed by atoms with Gasteiger partial charge in [0.2, 0.25) is 0 Å². The van der Waals surface area contributed by atoms with Gasteiger partial charge in [-0.2, -0.15) is 24.9 Å². The molecule has 0 radical (unpaired) electrons. The fraction of sp³-hybridized carbons (Fsp3) is 0.273. The number of amides is 2. The first kappa shape index (κ1) is 28.3. The Hall–Kier alpha value is -3.94. The lowest BCUT2D eigenvalue weighted by Gasteiger charge is -2.08. The molecule has 0 aliphatic rings. The number of hydrogen-bond acceptors (Lipinski definition) is 7. The first-order chi connectivity index (χ1) is 17.1. The number of carboxylic acids is 1. The zero-order chi connectivity index (χ0) is 26.7. The summed E-state index contributed by atoms with van der Waals surface area (Å²) in [6.45, 7) is 2.75. The third-order valence-electron chi connectivity index (χ3n) is 4.37. The maximum Gasteiger partial charge on any atom is 0.490 e. The Morgan fingerprint density at radius 3 is 2.25 bits per heavy atom. The number of nitrogens with one attached hydrogen (secondary N) is 2. The van der Waals surface area contributed by atoms with Gasteiger partial charge in [0, 0.05) is 24.1 Å². The second-order valence-corrected chi connectivity index (χ2v) is 7.81. The Balaban J connectivity index is 0.000000572. The Morgan fingerprint density at radius 1 is 1.06 bits per heavy atom. The van der Waals surface area contributed by atoms with Crippen molar-refractivity contribution in [3.05, 3.63) is 71.3 Å². The first-order valence-corrected chi connectivity index (χ1v) is 11.8. The van der Waals surface area contributed by atoms with Crippen molar-refractivity contribution in [1.29, 1.82) is 0 Å². The quantitative estimate of drug-likeness (QED) is 0.409. The molecule has 0 aliphatic heterocycles. The van der Waals surface area contributed by atoms with Gasteiger partial charge in [0.1, 0.15) is 0 Å². The minimum absolute atomic E-state index is 0.128. The largest absolute Gasteiger partial charge is 0.490 e. The van der Waals surface area contributed by atoms with Gasteiger partial charge in [0.05, 0.1) is 23.6 Å². The molecule has 2 amide bonds. The summed E-state index contributed by atoms with van der Waals surface area (Å²) in [4.78, 5) is 37.7. The smallest absolute Gasteiger partial charge is 0.475 e. The molecular weight excluding hydrogens is 501 g/mol. The molecule has 3 N–H and O–H groups in total. The lowest BCUT2D eigenvalue weighted by Crippen LogP contribution is -2.25. The van der Waals surface area contributed by atoms with Crippen molar-refractivity contribution in [3.63, 3.8) is 0 Å². The van der Waals surface area contributed by atoms with E-state index in [4.69, 9.17) is 9.90 Å². The lowest BCUT2D eigenvalue weighted by molar-refractivity contribution is -0.192. The number of carbonyl (C=O) groups excluding carboxylic acids is 2. The molecule has 1 aromatic carbocycles. The van der Waals surface area contributed by atoms with Gasteiger partial charge in [-0.1, -0.05) is 11.3 Å². The standard InChI is InChI=1S/C20H22N6O2S.C2HF3O2/c1-3-21-19(27)14-7-9-16(10-8-14)26-17(13-29-2)18(24-25-26)20(28)23-12-15-6-4-5-11-22-15;3-2(4,5)1(6)7/h4-11H,3,12-13H2,1-2H3,(H,21,27)(H,23,28);(H,6,7). The van der Waals surface area contributed by atoms with Crippen LogP contribution in [-0.2, 0) is 17.1 Å². The van der Waals surface area contributed by atoms with Gasteiger partial charge in [-0.15, -0.1) is 5.10 Å². The summed E-state index contributed by atoms with van der Waals surface area (Å²) in [5.74, 6) is -2.62. The maximum absolute atomic E-state index is 12.7. The second kappa shape index (κ2) is 13.2. The van der Waals surface area contributed by atoms with Crippen LogP contribution in [0.5, 0.6) is 0 Å². The molecular formula is C22H23F3N6O4S. The Labute approximate surface area is 208 Å². The van der Waals surface area contributed by atoms with Crippen LogP contribution in [0.4, 0.5) is 13.2 Å². The molecule has 14 heteroatoms. The molecule has 192 valence electrons. The topological polar surface area (TPSA) is 139 Å². The summed E-state index contributed by atoms with van der Waals surface area (Å²) in [5, 5.41) is 21.0. The molecule has 0 fully saturated rings. The van der Waals surface area contributed by atoms with E-state index in [-0.39, 0.29) is 17.5 Å². The Kier molecular flexibility index (Phi) is 10.4. The normalized spacial score (nSPS) is 10.7. The van der Waals surface area contributed by atoms with Crippen molar-refractivity contribution in [2.45, 2.75) is 25.4 Å². The van der Waals surface area contributed by atoms with Crippen molar-refractivity contribution in [3.8, 4) is 5.69 Å². The van der Waals surface area contributed by atoms with E-state index >= 15 is 0 Å². The summed E-state index contributed by atoms with van der Waals surface area (Å²) in [7, 11) is 0. The molecule has 36 heavy (non-hydrogen) atoms. The number of pyridine rings is 1. The number of carbonyl (C=O) groups is 3. The number of benzene rings is 1. The molecule has 2 heterocycles. The van der Waals surface area contributed by atoms with Gasteiger partial charge in [-0.05, 0) is 49.6 Å². The summed E-state index contributed by atoms with van der Waals surface area (Å²) < 4.78 is 33.4. The number of thioether (sulfide) groups is 1. The number of hydrogen-bond donors (Lipinski definition) is 3. The average Bonchev–Trinajstić information content (AvgIpc) is 3.27. The fourth-order valence-corrected chi connectivity index (χ4v) is 3.26. The van der Waals surface area contributed by atoms with Crippen molar-refractivity contribution in [1.82, 2.24) is 30.6 Å². The summed E-state index contributed by atoms with van der Waals surface area (Å²) in [6, 6.07) is 12.6. The Morgan fingerprint density at radius 2 is 1.72 bits per heavy atom. The van der Waals surface area contributed by atoms with E-state index in [0.717, 1.165) is 11.4 Å². The van der Waals surface area contributed by atoms with E-state index in [2.05, 4.69) is 25.9 Å². The number of nitrogens with zero attached hydrogens (tertiary/aromatic N) is 4. The van der Waals surface area contributed by atoms with E-state index in [9.17, 15) is 22.8 Å². The molecule has 3 aromatic rings. The van der Waals surface area contributed by atoms with Crippen LogP contribution in [0.2, 0.25) is 0 Å². The van der Waals surface area contributed by atoms with Crippen LogP contribution in [0.1, 0.15) is 39.2 Å². The van der Waals surface area contributed by atoms with Gasteiger partial charge in [0.15, 0.2) is 5.69 Å². The van der Waals surface area contributed by atoms with Crippen molar-refractivity contribution in [2.75, 3.05) is 12.8 Å². The van der Waals surface area contributed by atoms with Gasteiger partial charge in [-0.3, -0.25) is 14.6 Å². The number of rotatable bonds is 8. The molecule has 0 saturated heterocycles. The zero-order valence-corrected chi connectivity index (χ0v) is 20.1. The monoisotopic (exact) mass is 524 g/mol. The fourth-order valence-electron chi connectivity index (χ4n) is 2.73. The van der Waals surface area contributed by atoms with Crippen LogP contribution in [0.3, 0.4) is 0 Å². The van der Waals surface area contributed by atoms with Crippen LogP contribution in [0, 0.1) is 0 Å². The average molecular weight is 525 g/mol. The highest BCUT2D eigenvalue weighted by Gasteiger charge is 2.38. The van der Waals surface area contributed by atoms with E-state index in [0.29, 0.717) is 30.1 Å². The van der Waals surface area contributed by atoms with E-state index in [1.54, 1.807) is 46.9 Å². The van der Waals surface area contributed by atoms with E-state index in [1.807, 2.05) is 31.4 Å². The van der Waals surface area contributed by atoms with Crippen molar-refractivity contribution in [2.24, 2.45) is 0 Å². The highest BCUT2D eigenvalue weighted by atomic mass is 32.2. The summed E-state index contributed by atoms with van der Waals surface area (Å²) in [6.07, 6.45) is -1.45. The van der Waals surface area contributed by atoms with Crippen LogP contribution in [0.15, 0.2) is 48.7 Å². The number of halogens is 3. The number of alkyl halides is 3. The number of carboxylic acid groups (broad SMARTS) is 1. The molecule has 0 atom stereocenters. The third kappa shape index (κ3) is 8.08. The minimum atomic E-state index is -5.08. The molecule has 0 bridgehead atoms. The predicted octanol–water partition coefficient (Wildman–Crippen LogP) is 2.84. The van der Waals surface area contributed by atoms with Gasteiger partial charge < -0.3 is 15.7 Å². The number of aliphatic carboxylic acids is 1. The van der Waals surface area contributed by atoms with Gasteiger partial charge in [0.25, 0.3) is 11.8 Å². The molecule has 10 nitrogen and oxygen atoms in total. The van der Waals surface area contributed by atoms with Gasteiger partial charge in [-0.25, -0.2) is 9.48 Å².